The first-order valence-electron chi connectivity index (χ1n) is 17.1. The Kier molecular flexibility index (Phi) is 16.5. The van der Waals surface area contributed by atoms with Gasteiger partial charge in [0.05, 0.1) is 41.8 Å². The van der Waals surface area contributed by atoms with Gasteiger partial charge in [-0.15, -0.1) is 34.9 Å². The molecule has 4 aromatic rings. The fraction of sp³-hybridized carbons (Fsp3) is 0.429. The SMILES string of the molecule is CCC(CC)C(O)CC(O)C(CC)CC.[C-]#[N+]c1c(C#N)ccc(-c2cnc(-c3[c-]c(C)cc(C)c3)c(-c3cc(C)cc(C)c3)n2)c1C.[Ir]. The minimum Gasteiger partial charge on any atom is -0.393 e. The van der Waals surface area contributed by atoms with E-state index in [9.17, 15) is 15.5 Å². The van der Waals surface area contributed by atoms with E-state index in [4.69, 9.17) is 16.5 Å². The van der Waals surface area contributed by atoms with Crippen molar-refractivity contribution in [3.8, 4) is 39.8 Å². The Morgan fingerprint density at radius 3 is 1.86 bits per heavy atom. The number of hydrogen-bond donors (Lipinski definition) is 2. The number of nitriles is 1. The summed E-state index contributed by atoms with van der Waals surface area (Å²) in [6.45, 7) is 26.0. The second-order valence-electron chi connectivity index (χ2n) is 13.0. The Labute approximate surface area is 307 Å². The van der Waals surface area contributed by atoms with E-state index in [0.29, 0.717) is 35.2 Å². The van der Waals surface area contributed by atoms with Crippen LogP contribution in [0.2, 0.25) is 0 Å². The number of hydrogen-bond acceptors (Lipinski definition) is 5. The maximum Gasteiger partial charge on any atom is 0.208 e. The molecule has 7 heteroatoms. The number of rotatable bonds is 11. The number of aryl methyl sites for hydroxylation is 4. The first-order chi connectivity index (χ1) is 22.9. The Morgan fingerprint density at radius 1 is 0.816 bits per heavy atom. The van der Waals surface area contributed by atoms with Gasteiger partial charge in [0.2, 0.25) is 5.69 Å². The molecule has 0 saturated carbocycles. The van der Waals surface area contributed by atoms with E-state index in [0.717, 1.165) is 81.6 Å². The third-order valence-electron chi connectivity index (χ3n) is 9.28. The maximum atomic E-state index is 9.96. The molecule has 0 aliphatic carbocycles. The summed E-state index contributed by atoms with van der Waals surface area (Å²) < 4.78 is 0. The third kappa shape index (κ3) is 10.6. The molecule has 2 atom stereocenters. The second kappa shape index (κ2) is 19.5. The van der Waals surface area contributed by atoms with Crippen molar-refractivity contribution in [3.05, 3.63) is 99.5 Å². The van der Waals surface area contributed by atoms with E-state index >= 15 is 0 Å². The van der Waals surface area contributed by atoms with Crippen LogP contribution in [0, 0.1) is 70.4 Å². The quantitative estimate of drug-likeness (QED) is 0.147. The fourth-order valence-electron chi connectivity index (χ4n) is 6.56. The minimum absolute atomic E-state index is 0. The molecule has 0 spiro atoms. The summed E-state index contributed by atoms with van der Waals surface area (Å²) in [5.41, 5.74) is 10.9. The van der Waals surface area contributed by atoms with Crippen LogP contribution in [0.4, 0.5) is 5.69 Å². The number of aliphatic hydroxyl groups excluding tert-OH is 2. The summed E-state index contributed by atoms with van der Waals surface area (Å²) in [5, 5.41) is 29.3. The van der Waals surface area contributed by atoms with Crippen molar-refractivity contribution < 1.29 is 30.3 Å². The van der Waals surface area contributed by atoms with Gasteiger partial charge in [-0.25, -0.2) is 4.85 Å². The van der Waals surface area contributed by atoms with Gasteiger partial charge >= 0.3 is 0 Å². The van der Waals surface area contributed by atoms with Crippen LogP contribution in [0.3, 0.4) is 0 Å². The standard InChI is InChI=1S/C29H23N4.C13H28O2.Ir/c1-17-9-18(2)12-23(11-17)28-29(24-13-19(3)10-20(4)14-24)33-26(16-32-28)25-8-7-22(15-30)27(31-6)21(25)5;1-5-10(6-2)12(14)9-13(15)11(7-3)8-4;/h7-11,13-14,16H,1-5H3;10-15H,5-9H2,1-4H3;/q-1;;. The Bertz CT molecular complexity index is 1720. The second-order valence-corrected chi connectivity index (χ2v) is 13.0. The molecule has 0 aliphatic heterocycles. The molecule has 1 aromatic heterocycles. The average molecular weight is 836 g/mol. The molecule has 0 aliphatic rings. The monoisotopic (exact) mass is 836 g/mol. The number of benzene rings is 3. The molecule has 4 rings (SSSR count). The van der Waals surface area contributed by atoms with E-state index in [2.05, 4.69) is 95.8 Å². The van der Waals surface area contributed by atoms with E-state index in [1.54, 1.807) is 12.3 Å². The van der Waals surface area contributed by atoms with Crippen LogP contribution in [-0.2, 0) is 20.1 Å². The molecule has 0 saturated heterocycles. The van der Waals surface area contributed by atoms with Gasteiger partial charge in [-0.3, -0.25) is 4.98 Å². The predicted molar refractivity (Wildman–Crippen MR) is 197 cm³/mol. The van der Waals surface area contributed by atoms with Crippen LogP contribution in [0.15, 0.2) is 48.7 Å². The van der Waals surface area contributed by atoms with E-state index in [-0.39, 0.29) is 32.3 Å². The molecule has 6 nitrogen and oxygen atoms in total. The molecule has 261 valence electrons. The van der Waals surface area contributed by atoms with Gasteiger partial charge in [-0.1, -0.05) is 109 Å². The van der Waals surface area contributed by atoms with Crippen LogP contribution < -0.4 is 0 Å². The summed E-state index contributed by atoms with van der Waals surface area (Å²) >= 11 is 0. The molecule has 0 amide bonds. The molecule has 0 bridgehead atoms. The molecule has 1 radical (unpaired) electrons. The van der Waals surface area contributed by atoms with Crippen molar-refractivity contribution in [1.82, 2.24) is 9.97 Å². The zero-order valence-electron chi connectivity index (χ0n) is 30.5. The van der Waals surface area contributed by atoms with Gasteiger partial charge in [0.15, 0.2) is 0 Å². The smallest absolute Gasteiger partial charge is 0.208 e. The van der Waals surface area contributed by atoms with Crippen molar-refractivity contribution >= 4 is 5.69 Å². The maximum absolute atomic E-state index is 9.96. The summed E-state index contributed by atoms with van der Waals surface area (Å²) in [6, 6.07) is 19.6. The topological polar surface area (TPSA) is 94.4 Å². The van der Waals surface area contributed by atoms with Crippen molar-refractivity contribution in [3.63, 3.8) is 0 Å². The first kappa shape index (κ1) is 41.5. The number of aromatic nitrogens is 2. The summed E-state index contributed by atoms with van der Waals surface area (Å²) in [4.78, 5) is 13.5. The van der Waals surface area contributed by atoms with Crippen LogP contribution >= 0.6 is 0 Å². The molecular formula is C42H51IrN4O2-. The van der Waals surface area contributed by atoms with Crippen molar-refractivity contribution in [2.24, 2.45) is 11.8 Å². The van der Waals surface area contributed by atoms with Crippen LogP contribution in [-0.4, -0.2) is 32.4 Å². The van der Waals surface area contributed by atoms with Gasteiger partial charge in [0, 0.05) is 32.0 Å². The molecule has 2 N–H and O–H groups in total. The number of aliphatic hydroxyl groups is 2. The van der Waals surface area contributed by atoms with Gasteiger partial charge < -0.3 is 15.2 Å². The Morgan fingerprint density at radius 2 is 1.37 bits per heavy atom. The van der Waals surface area contributed by atoms with Crippen molar-refractivity contribution in [1.29, 1.82) is 5.26 Å². The van der Waals surface area contributed by atoms with Crippen LogP contribution in [0.1, 0.15) is 93.2 Å². The minimum atomic E-state index is -0.337. The van der Waals surface area contributed by atoms with Crippen molar-refractivity contribution in [2.75, 3.05) is 0 Å². The third-order valence-corrected chi connectivity index (χ3v) is 9.28. The van der Waals surface area contributed by atoms with Crippen LogP contribution in [0.25, 0.3) is 38.6 Å². The largest absolute Gasteiger partial charge is 0.393 e. The fourth-order valence-corrected chi connectivity index (χ4v) is 6.56. The van der Waals surface area contributed by atoms with Gasteiger partial charge in [-0.2, -0.15) is 5.26 Å². The predicted octanol–water partition coefficient (Wildman–Crippen LogP) is 10.2. The molecule has 3 aromatic carbocycles. The molecular weight excluding hydrogens is 785 g/mol. The molecule has 1 heterocycles. The summed E-state index contributed by atoms with van der Waals surface area (Å²) in [7, 11) is 0. The zero-order chi connectivity index (χ0) is 35.5. The van der Waals surface area contributed by atoms with E-state index < -0.39 is 0 Å². The van der Waals surface area contributed by atoms with Gasteiger partial charge in [-0.05, 0) is 55.7 Å². The van der Waals surface area contributed by atoms with Gasteiger partial charge in [0.1, 0.15) is 0 Å². The van der Waals surface area contributed by atoms with E-state index in [1.165, 1.54) is 0 Å². The van der Waals surface area contributed by atoms with Crippen molar-refractivity contribution in [2.45, 2.75) is 107 Å². The average Bonchev–Trinajstić information content (AvgIpc) is 3.04. The molecule has 2 unspecified atom stereocenters. The first-order valence-corrected chi connectivity index (χ1v) is 17.1. The normalized spacial score (nSPS) is 12.0. The summed E-state index contributed by atoms with van der Waals surface area (Å²) in [6.07, 6.45) is 5.58. The summed E-state index contributed by atoms with van der Waals surface area (Å²) in [5.74, 6) is 0.683. The molecule has 0 fully saturated rings. The zero-order valence-corrected chi connectivity index (χ0v) is 32.9. The Balaban J connectivity index is 0.000000444. The number of nitrogens with zero attached hydrogens (tertiary/aromatic N) is 4. The Hall–Kier alpha value is -3.71. The molecule has 49 heavy (non-hydrogen) atoms. The van der Waals surface area contributed by atoms with Gasteiger partial charge in [0.25, 0.3) is 0 Å². The van der Waals surface area contributed by atoms with E-state index in [1.807, 2.05) is 19.9 Å². The van der Waals surface area contributed by atoms with Crippen LogP contribution in [0.5, 0.6) is 0 Å².